The van der Waals surface area contributed by atoms with Crippen molar-refractivity contribution in [3.63, 3.8) is 0 Å². The van der Waals surface area contributed by atoms with Gasteiger partial charge in [-0.3, -0.25) is 4.79 Å². The average molecular weight is 777 g/mol. The van der Waals surface area contributed by atoms with Gasteiger partial charge >= 0.3 is 12.1 Å². The van der Waals surface area contributed by atoms with Crippen molar-refractivity contribution in [2.24, 2.45) is 0 Å². The molecule has 15 heteroatoms. The Morgan fingerprint density at radius 1 is 0.907 bits per heavy atom. The summed E-state index contributed by atoms with van der Waals surface area (Å²) in [4.78, 5) is 49.3. The largest absolute Gasteiger partial charge is 0.341 e. The molecule has 0 spiro atoms. The van der Waals surface area contributed by atoms with Crippen LogP contribution in [-0.4, -0.2) is 126 Å². The number of likely N-dealkylation sites (tertiary alicyclic amines) is 3. The van der Waals surface area contributed by atoms with Gasteiger partial charge in [-0.2, -0.15) is 9.19 Å². The number of piperidine rings is 3. The van der Waals surface area contributed by atoms with E-state index in [1.54, 1.807) is 17.2 Å². The van der Waals surface area contributed by atoms with Crippen molar-refractivity contribution in [2.45, 2.75) is 102 Å². The third-order valence-corrected chi connectivity index (χ3v) is 15.4. The van der Waals surface area contributed by atoms with Crippen LogP contribution >= 0.6 is 0 Å². The molecule has 5 amide bonds. The summed E-state index contributed by atoms with van der Waals surface area (Å²) >= 11 is 0. The molecule has 1 aromatic heterocycles. The maximum Gasteiger partial charge on any atom is 0.322 e. The summed E-state index contributed by atoms with van der Waals surface area (Å²) in [7, 11) is -5.20. The molecule has 13 nitrogen and oxygen atoms in total. The number of carbonyl (C=O) groups is 3. The fourth-order valence-electron chi connectivity index (χ4n) is 8.46. The lowest BCUT2D eigenvalue weighted by atomic mass is 9.98. The average Bonchev–Trinajstić information content (AvgIpc) is 3.61. The number of hydrogen-bond donors (Lipinski definition) is 2. The van der Waals surface area contributed by atoms with Crippen molar-refractivity contribution in [1.82, 2.24) is 34.1 Å². The van der Waals surface area contributed by atoms with Crippen molar-refractivity contribution in [2.75, 3.05) is 50.3 Å². The molecule has 5 heterocycles. The normalized spacial score (nSPS) is 20.1. The van der Waals surface area contributed by atoms with Crippen LogP contribution in [0.15, 0.2) is 48.7 Å². The highest BCUT2D eigenvalue weighted by Gasteiger charge is 2.36. The maximum absolute atomic E-state index is 14.3. The van der Waals surface area contributed by atoms with E-state index in [9.17, 15) is 22.8 Å². The Hall–Kier alpha value is -3.95. The second kappa shape index (κ2) is 16.0. The molecule has 292 valence electrons. The molecule has 7 rings (SSSR count). The highest BCUT2D eigenvalue weighted by molar-refractivity contribution is 7.90. The number of carbonyl (C=O) groups excluding carboxylic acids is 3. The zero-order valence-electron chi connectivity index (χ0n) is 32.0. The number of para-hydroxylation sites is 1. The van der Waals surface area contributed by atoms with Crippen LogP contribution < -0.4 is 10.6 Å². The van der Waals surface area contributed by atoms with Crippen molar-refractivity contribution in [3.05, 3.63) is 59.8 Å². The number of aromatic nitrogens is 2. The van der Waals surface area contributed by atoms with Crippen molar-refractivity contribution in [3.8, 4) is 0 Å². The van der Waals surface area contributed by atoms with E-state index in [4.69, 9.17) is 0 Å². The van der Waals surface area contributed by atoms with Gasteiger partial charge in [0.05, 0.1) is 17.5 Å². The smallest absolute Gasteiger partial charge is 0.322 e. The van der Waals surface area contributed by atoms with Crippen LogP contribution in [0.25, 0.3) is 10.9 Å². The van der Waals surface area contributed by atoms with Gasteiger partial charge in [-0.1, -0.05) is 50.3 Å². The molecule has 2 aromatic carbocycles. The van der Waals surface area contributed by atoms with Gasteiger partial charge in [0.2, 0.25) is 5.91 Å². The summed E-state index contributed by atoms with van der Waals surface area (Å²) in [5, 5.41) is 11.1. The minimum Gasteiger partial charge on any atom is -0.341 e. The van der Waals surface area contributed by atoms with E-state index in [0.29, 0.717) is 68.6 Å². The zero-order chi connectivity index (χ0) is 38.0. The number of nitrogens with one attached hydrogen (secondary N) is 2. The molecule has 4 aliphatic heterocycles. The number of anilines is 1. The van der Waals surface area contributed by atoms with Crippen LogP contribution in [0.5, 0.6) is 0 Å². The standard InChI is InChI=1S/C39H56N8O5SSi/c1-54(2,3)24-23-53(51,52)47-36-12-11-29(25-31(36)27-40-47)26-35(37(48)44-19-13-32(14-20-44)43-17-7-4-8-18-43)42-38(49)45-21-15-33(16-22-45)46-28-30-9-5-6-10-34(30)41-39(46)50/h5-6,9-12,25,27,32-33,35H,4,7-8,13-24,26,28H2,1-3H3,(H,41,50)(H,42,49). The minimum atomic E-state index is -3.62. The van der Waals surface area contributed by atoms with Crippen LogP contribution in [0.1, 0.15) is 56.1 Å². The van der Waals surface area contributed by atoms with Crippen LogP contribution in [-0.2, 0) is 27.8 Å². The molecule has 0 radical (unpaired) electrons. The van der Waals surface area contributed by atoms with E-state index in [-0.39, 0.29) is 36.2 Å². The Morgan fingerprint density at radius 3 is 2.31 bits per heavy atom. The Kier molecular flexibility index (Phi) is 11.4. The van der Waals surface area contributed by atoms with E-state index < -0.39 is 24.1 Å². The number of fused-ring (bicyclic) bond motifs is 2. The van der Waals surface area contributed by atoms with E-state index in [2.05, 4.69) is 40.3 Å². The zero-order valence-corrected chi connectivity index (χ0v) is 33.8. The monoisotopic (exact) mass is 776 g/mol. The molecular formula is C39H56N8O5SSi. The summed E-state index contributed by atoms with van der Waals surface area (Å²) in [6.45, 7) is 11.5. The van der Waals surface area contributed by atoms with Gasteiger partial charge in [0.25, 0.3) is 10.0 Å². The van der Waals surface area contributed by atoms with Crippen LogP contribution in [0.3, 0.4) is 0 Å². The molecule has 0 saturated carbocycles. The first kappa shape index (κ1) is 38.3. The van der Waals surface area contributed by atoms with Gasteiger partial charge in [-0.25, -0.2) is 18.0 Å². The third kappa shape index (κ3) is 8.78. The van der Waals surface area contributed by atoms with Gasteiger partial charge in [0.15, 0.2) is 0 Å². The lowest BCUT2D eigenvalue weighted by Gasteiger charge is -2.42. The number of hydrogen-bond acceptors (Lipinski definition) is 7. The van der Waals surface area contributed by atoms with Crippen LogP contribution in [0.4, 0.5) is 15.3 Å². The number of amides is 5. The lowest BCUT2D eigenvalue weighted by molar-refractivity contribution is -0.134. The SMILES string of the molecule is C[Si](C)(C)CCS(=O)(=O)n1ncc2cc(CC(NC(=O)N3CCC(N4Cc5ccccc5NC4=O)CC3)C(=O)N3CCC(N4CCCCC4)CC3)ccc21. The van der Waals surface area contributed by atoms with E-state index in [0.717, 1.165) is 46.8 Å². The quantitative estimate of drug-likeness (QED) is 0.271. The van der Waals surface area contributed by atoms with E-state index in [1.807, 2.05) is 46.2 Å². The molecule has 3 aromatic rings. The number of nitrogens with zero attached hydrogens (tertiary/aromatic N) is 6. The van der Waals surface area contributed by atoms with Crippen molar-refractivity contribution < 1.29 is 22.8 Å². The molecule has 54 heavy (non-hydrogen) atoms. The fraction of sp³-hybridized carbons (Fsp3) is 0.590. The molecule has 1 atom stereocenters. The maximum atomic E-state index is 14.3. The highest BCUT2D eigenvalue weighted by Crippen LogP contribution is 2.28. The molecule has 3 fully saturated rings. The van der Waals surface area contributed by atoms with Crippen molar-refractivity contribution >= 4 is 52.7 Å². The Bertz CT molecular complexity index is 1940. The van der Waals surface area contributed by atoms with Crippen LogP contribution in [0.2, 0.25) is 25.7 Å². The molecule has 3 saturated heterocycles. The molecule has 0 bridgehead atoms. The summed E-state index contributed by atoms with van der Waals surface area (Å²) in [6.07, 6.45) is 8.73. The van der Waals surface area contributed by atoms with Gasteiger partial charge in [-0.15, -0.1) is 0 Å². The molecule has 1 unspecified atom stereocenters. The summed E-state index contributed by atoms with van der Waals surface area (Å²) in [6, 6.07) is 13.3. The fourth-order valence-corrected chi connectivity index (χ4v) is 12.8. The predicted molar refractivity (Wildman–Crippen MR) is 214 cm³/mol. The summed E-state index contributed by atoms with van der Waals surface area (Å²) in [5.41, 5.74) is 3.25. The van der Waals surface area contributed by atoms with Gasteiger partial charge in [0, 0.05) is 70.4 Å². The topological polar surface area (TPSA) is 140 Å². The highest BCUT2D eigenvalue weighted by atomic mass is 32.2. The predicted octanol–water partition coefficient (Wildman–Crippen LogP) is 5.16. The summed E-state index contributed by atoms with van der Waals surface area (Å²) < 4.78 is 27.6. The van der Waals surface area contributed by atoms with Gasteiger partial charge < -0.3 is 30.2 Å². The van der Waals surface area contributed by atoms with E-state index in [1.165, 1.54) is 19.3 Å². The first-order chi connectivity index (χ1) is 25.8. The van der Waals surface area contributed by atoms with Gasteiger partial charge in [-0.05, 0) is 87.0 Å². The third-order valence-electron chi connectivity index (χ3n) is 11.7. The molecule has 0 aliphatic carbocycles. The first-order valence-corrected chi connectivity index (χ1v) is 25.1. The Morgan fingerprint density at radius 2 is 1.59 bits per heavy atom. The molecule has 4 aliphatic rings. The van der Waals surface area contributed by atoms with Crippen LogP contribution in [0, 0.1) is 0 Å². The Labute approximate surface area is 320 Å². The molecule has 2 N–H and O–H groups in total. The lowest BCUT2D eigenvalue weighted by Crippen LogP contribution is -2.57. The number of rotatable bonds is 10. The first-order valence-electron chi connectivity index (χ1n) is 19.8. The second-order valence-corrected chi connectivity index (χ2v) is 24.3. The van der Waals surface area contributed by atoms with Gasteiger partial charge in [0.1, 0.15) is 6.04 Å². The number of urea groups is 2. The molecular weight excluding hydrogens is 721 g/mol. The van der Waals surface area contributed by atoms with Crippen molar-refractivity contribution in [1.29, 1.82) is 0 Å². The van der Waals surface area contributed by atoms with E-state index >= 15 is 0 Å². The Balaban J connectivity index is 1.03. The summed E-state index contributed by atoms with van der Waals surface area (Å²) in [5.74, 6) is -0.0435. The number of benzene rings is 2. The minimum absolute atomic E-state index is 0.00744. The second-order valence-electron chi connectivity index (χ2n) is 16.8.